The zero-order valence-corrected chi connectivity index (χ0v) is 19.0. The zero-order chi connectivity index (χ0) is 25.2. The topological polar surface area (TPSA) is 124 Å². The molecule has 0 saturated carbocycles. The summed E-state index contributed by atoms with van der Waals surface area (Å²) in [5.41, 5.74) is -0.342. The van der Waals surface area contributed by atoms with E-state index in [-0.39, 0.29) is 45.3 Å². The number of nitro groups is 1. The second kappa shape index (κ2) is 9.35. The molecule has 0 atom stereocenters. The van der Waals surface area contributed by atoms with Gasteiger partial charge in [-0.2, -0.15) is 0 Å². The molecule has 0 fully saturated rings. The van der Waals surface area contributed by atoms with Crippen LogP contribution in [0.2, 0.25) is 0 Å². The number of nitro benzene ring substituents is 1. The van der Waals surface area contributed by atoms with Crippen molar-refractivity contribution in [3.8, 4) is 0 Å². The Morgan fingerprint density at radius 3 is 2.20 bits per heavy atom. The first kappa shape index (κ1) is 23.6. The lowest BCUT2D eigenvalue weighted by molar-refractivity contribution is -0.384. The lowest BCUT2D eigenvalue weighted by Gasteiger charge is -2.32. The Labute approximate surface area is 200 Å². The molecule has 176 valence electrons. The fourth-order valence-corrected chi connectivity index (χ4v) is 5.22. The van der Waals surface area contributed by atoms with Crippen molar-refractivity contribution in [2.45, 2.75) is 4.90 Å². The number of nitrogens with zero attached hydrogens (tertiary/aromatic N) is 2. The predicted octanol–water partition coefficient (Wildman–Crippen LogP) is 4.19. The molecule has 3 aromatic carbocycles. The van der Waals surface area contributed by atoms with Gasteiger partial charge in [0.15, 0.2) is 5.76 Å². The van der Waals surface area contributed by atoms with Gasteiger partial charge in [0.25, 0.3) is 15.7 Å². The molecule has 4 rings (SSSR count). The van der Waals surface area contributed by atoms with Crippen molar-refractivity contribution in [3.63, 3.8) is 0 Å². The van der Waals surface area contributed by atoms with Gasteiger partial charge in [-0.25, -0.2) is 13.2 Å². The number of hydrogen-bond acceptors (Lipinski definition) is 7. The number of sulfonamides is 1. The second-order valence-corrected chi connectivity index (χ2v) is 9.22. The van der Waals surface area contributed by atoms with E-state index in [0.29, 0.717) is 0 Å². The van der Waals surface area contributed by atoms with Crippen LogP contribution in [0, 0.1) is 10.1 Å². The molecule has 0 amide bonds. The number of fused-ring (bicyclic) bond motifs is 1. The third-order valence-corrected chi connectivity index (χ3v) is 7.04. The number of ether oxygens (including phenoxy) is 1. The van der Waals surface area contributed by atoms with Gasteiger partial charge < -0.3 is 4.74 Å². The smallest absolute Gasteiger partial charge is 0.343 e. The number of ketones is 1. The van der Waals surface area contributed by atoms with Crippen molar-refractivity contribution in [1.82, 2.24) is 4.31 Å². The van der Waals surface area contributed by atoms with Gasteiger partial charge >= 0.3 is 5.97 Å². The molecule has 0 bridgehead atoms. The molecular weight excluding hydrogens is 472 g/mol. The molecule has 0 N–H and O–H groups in total. The first-order valence-corrected chi connectivity index (χ1v) is 11.7. The molecule has 1 aliphatic rings. The summed E-state index contributed by atoms with van der Waals surface area (Å²) in [7, 11) is -4.18. The fraction of sp³-hybridized carbons (Fsp3) is 0.0400. The highest BCUT2D eigenvalue weighted by atomic mass is 32.2. The number of carbonyl (C=O) groups is 2. The van der Waals surface area contributed by atoms with Crippen LogP contribution < -0.4 is 0 Å². The lowest BCUT2D eigenvalue weighted by Crippen LogP contribution is -2.38. The summed E-state index contributed by atoms with van der Waals surface area (Å²) in [6, 6.07) is 18.6. The van der Waals surface area contributed by atoms with Gasteiger partial charge in [0.2, 0.25) is 5.78 Å². The highest BCUT2D eigenvalue weighted by Gasteiger charge is 2.41. The normalized spacial score (nSPS) is 14.1. The second-order valence-electron chi connectivity index (χ2n) is 7.39. The molecular formula is C25H18N2O7S. The summed E-state index contributed by atoms with van der Waals surface area (Å²) in [5, 5.41) is 10.9. The number of esters is 1. The van der Waals surface area contributed by atoms with Gasteiger partial charge in [0.1, 0.15) is 5.70 Å². The fourth-order valence-electron chi connectivity index (χ4n) is 3.58. The quantitative estimate of drug-likeness (QED) is 0.160. The molecule has 35 heavy (non-hydrogen) atoms. The molecule has 9 nitrogen and oxygen atoms in total. The van der Waals surface area contributed by atoms with E-state index < -0.39 is 26.7 Å². The maximum Gasteiger partial charge on any atom is 0.343 e. The standard InChI is InChI=1S/C25H18N2O7S/c1-2-16-26-22(23(28)17-8-4-3-5-9-17)24(20-10-6-7-11-21(20)35(26,32)33)34-25(29)18-12-14-19(15-13-18)27(30)31/h2-15H,1,16H2. The number of hydrogen-bond donors (Lipinski definition) is 0. The Morgan fingerprint density at radius 2 is 1.57 bits per heavy atom. The van der Waals surface area contributed by atoms with E-state index in [1.165, 1.54) is 48.5 Å². The number of Topliss-reactive ketones (excluding diaryl/α,β-unsaturated/α-hetero) is 1. The first-order chi connectivity index (χ1) is 16.8. The monoisotopic (exact) mass is 490 g/mol. The van der Waals surface area contributed by atoms with Crippen LogP contribution in [0.25, 0.3) is 5.76 Å². The van der Waals surface area contributed by atoms with Crippen LogP contribution in [0.5, 0.6) is 0 Å². The van der Waals surface area contributed by atoms with Gasteiger partial charge in [-0.3, -0.25) is 19.2 Å². The van der Waals surface area contributed by atoms with Crippen LogP contribution in [0.3, 0.4) is 0 Å². The minimum atomic E-state index is -4.18. The summed E-state index contributed by atoms with van der Waals surface area (Å²) in [6.07, 6.45) is 1.32. The maximum atomic E-state index is 13.6. The average molecular weight is 490 g/mol. The Kier molecular flexibility index (Phi) is 6.30. The van der Waals surface area contributed by atoms with Crippen LogP contribution in [0.4, 0.5) is 5.69 Å². The van der Waals surface area contributed by atoms with Crippen LogP contribution >= 0.6 is 0 Å². The molecule has 0 unspecified atom stereocenters. The van der Waals surface area contributed by atoms with Crippen LogP contribution in [0.1, 0.15) is 26.3 Å². The highest BCUT2D eigenvalue weighted by molar-refractivity contribution is 7.89. The van der Waals surface area contributed by atoms with E-state index in [1.54, 1.807) is 24.3 Å². The molecule has 0 radical (unpaired) electrons. The van der Waals surface area contributed by atoms with E-state index in [1.807, 2.05) is 0 Å². The number of allylic oxidation sites excluding steroid dienone is 1. The Hall–Kier alpha value is -4.57. The van der Waals surface area contributed by atoms with Gasteiger partial charge in [-0.1, -0.05) is 48.5 Å². The van der Waals surface area contributed by atoms with Crippen molar-refractivity contribution < 1.29 is 27.7 Å². The van der Waals surface area contributed by atoms with Crippen LogP contribution in [-0.4, -0.2) is 35.9 Å². The van der Waals surface area contributed by atoms with E-state index in [0.717, 1.165) is 16.4 Å². The third kappa shape index (κ3) is 4.34. The van der Waals surface area contributed by atoms with Crippen molar-refractivity contribution in [1.29, 1.82) is 0 Å². The van der Waals surface area contributed by atoms with E-state index in [4.69, 9.17) is 4.74 Å². The molecule has 3 aromatic rings. The van der Waals surface area contributed by atoms with E-state index >= 15 is 0 Å². The number of benzene rings is 3. The largest absolute Gasteiger partial charge is 0.420 e. The van der Waals surface area contributed by atoms with Crippen molar-refractivity contribution in [3.05, 3.63) is 124 Å². The number of carbonyl (C=O) groups excluding carboxylic acids is 2. The van der Waals surface area contributed by atoms with E-state index in [2.05, 4.69) is 6.58 Å². The van der Waals surface area contributed by atoms with Gasteiger partial charge in [-0.05, 0) is 24.3 Å². The minimum absolute atomic E-state index is 0.0178. The minimum Gasteiger partial charge on any atom is -0.420 e. The summed E-state index contributed by atoms with van der Waals surface area (Å²) in [4.78, 5) is 36.7. The SMILES string of the molecule is C=CCN1C(C(=O)c2ccccc2)=C(OC(=O)c2ccc([N+](=O)[O-])cc2)c2ccccc2S1(=O)=O. The molecule has 0 saturated heterocycles. The number of rotatable bonds is 7. The van der Waals surface area contributed by atoms with Crippen molar-refractivity contribution in [2.24, 2.45) is 0 Å². The van der Waals surface area contributed by atoms with Gasteiger partial charge in [0.05, 0.1) is 21.9 Å². The molecule has 0 spiro atoms. The van der Waals surface area contributed by atoms with Crippen molar-refractivity contribution >= 4 is 33.2 Å². The van der Waals surface area contributed by atoms with Crippen molar-refractivity contribution in [2.75, 3.05) is 6.54 Å². The molecule has 1 heterocycles. The van der Waals surface area contributed by atoms with Crippen LogP contribution in [0.15, 0.2) is 102 Å². The molecule has 0 aliphatic carbocycles. The Bertz CT molecular complexity index is 1480. The summed E-state index contributed by atoms with van der Waals surface area (Å²) in [6.45, 7) is 3.35. The molecule has 0 aromatic heterocycles. The Balaban J connectivity index is 1.91. The van der Waals surface area contributed by atoms with Crippen LogP contribution in [-0.2, 0) is 14.8 Å². The average Bonchev–Trinajstić information content (AvgIpc) is 2.87. The summed E-state index contributed by atoms with van der Waals surface area (Å²) >= 11 is 0. The third-order valence-electron chi connectivity index (χ3n) is 5.22. The number of non-ortho nitro benzene ring substituents is 1. The molecule has 1 aliphatic heterocycles. The summed E-state index contributed by atoms with van der Waals surface area (Å²) < 4.78 is 33.4. The maximum absolute atomic E-state index is 13.6. The predicted molar refractivity (Wildman–Crippen MR) is 127 cm³/mol. The van der Waals surface area contributed by atoms with E-state index in [9.17, 15) is 28.1 Å². The summed E-state index contributed by atoms with van der Waals surface area (Å²) in [5.74, 6) is -1.83. The van der Waals surface area contributed by atoms with Gasteiger partial charge in [0, 0.05) is 23.3 Å². The van der Waals surface area contributed by atoms with Gasteiger partial charge in [-0.15, -0.1) is 6.58 Å². The highest BCUT2D eigenvalue weighted by Crippen LogP contribution is 2.39. The zero-order valence-electron chi connectivity index (χ0n) is 18.2. The first-order valence-electron chi connectivity index (χ1n) is 10.3. The molecule has 10 heteroatoms. The Morgan fingerprint density at radius 1 is 0.943 bits per heavy atom. The lowest BCUT2D eigenvalue weighted by atomic mass is 10.0.